The third-order valence-corrected chi connectivity index (χ3v) is 4.24. The van der Waals surface area contributed by atoms with Crippen molar-refractivity contribution in [1.82, 2.24) is 20.4 Å². The zero-order valence-electron chi connectivity index (χ0n) is 12.0. The van der Waals surface area contributed by atoms with Gasteiger partial charge in [-0.15, -0.1) is 10.2 Å². The van der Waals surface area contributed by atoms with Gasteiger partial charge in [-0.05, 0) is 73.5 Å². The molecule has 1 saturated heterocycles. The number of halogens is 1. The van der Waals surface area contributed by atoms with Crippen LogP contribution in [0.15, 0.2) is 25.6 Å². The number of furan rings is 1. The summed E-state index contributed by atoms with van der Waals surface area (Å²) in [5.41, 5.74) is 0. The quantitative estimate of drug-likeness (QED) is 0.889. The van der Waals surface area contributed by atoms with Crippen LogP contribution in [0.4, 0.5) is 0 Å². The molecule has 3 rings (SSSR count). The molecule has 0 saturated carbocycles. The van der Waals surface area contributed by atoms with Crippen molar-refractivity contribution in [3.05, 3.63) is 22.7 Å². The number of nitrogens with one attached hydrogen (secondary N) is 1. The minimum Gasteiger partial charge on any atom is -0.444 e. The number of piperidine rings is 1. The van der Waals surface area contributed by atoms with Crippen LogP contribution < -0.4 is 5.32 Å². The van der Waals surface area contributed by atoms with Crippen molar-refractivity contribution in [2.75, 3.05) is 26.7 Å². The van der Waals surface area contributed by atoms with Gasteiger partial charge in [0, 0.05) is 0 Å². The van der Waals surface area contributed by atoms with Gasteiger partial charge >= 0.3 is 0 Å². The highest BCUT2D eigenvalue weighted by molar-refractivity contribution is 9.10. The van der Waals surface area contributed by atoms with E-state index >= 15 is 0 Å². The summed E-state index contributed by atoms with van der Waals surface area (Å²) in [7, 11) is 2.01. The third-order valence-electron chi connectivity index (χ3n) is 3.81. The maximum Gasteiger partial charge on any atom is 0.283 e. The van der Waals surface area contributed by atoms with E-state index in [9.17, 15) is 0 Å². The Bertz CT molecular complexity index is 575. The largest absolute Gasteiger partial charge is 0.444 e. The number of hydrogen-bond acceptors (Lipinski definition) is 6. The molecule has 3 heterocycles. The Labute approximate surface area is 132 Å². The summed E-state index contributed by atoms with van der Waals surface area (Å²) in [5, 5.41) is 11.4. The molecule has 0 unspecified atom stereocenters. The van der Waals surface area contributed by atoms with E-state index in [2.05, 4.69) is 36.3 Å². The monoisotopic (exact) mass is 354 g/mol. The van der Waals surface area contributed by atoms with E-state index in [4.69, 9.17) is 8.83 Å². The van der Waals surface area contributed by atoms with Crippen LogP contribution in [0.3, 0.4) is 0 Å². The minimum atomic E-state index is 0.431. The van der Waals surface area contributed by atoms with E-state index in [0.29, 0.717) is 28.8 Å². The average Bonchev–Trinajstić information content (AvgIpc) is 3.10. The second-order valence-corrected chi connectivity index (χ2v) is 6.16. The molecule has 2 aromatic heterocycles. The highest BCUT2D eigenvalue weighted by Crippen LogP contribution is 2.24. The Balaban J connectivity index is 1.56. The molecule has 0 aliphatic carbocycles. The lowest BCUT2D eigenvalue weighted by Crippen LogP contribution is -2.36. The van der Waals surface area contributed by atoms with Crippen molar-refractivity contribution >= 4 is 15.9 Å². The highest BCUT2D eigenvalue weighted by Gasteiger charge is 2.21. The zero-order chi connectivity index (χ0) is 14.7. The molecular formula is C14H19BrN4O2. The number of rotatable bonds is 5. The van der Waals surface area contributed by atoms with Crippen LogP contribution in [0.5, 0.6) is 0 Å². The maximum absolute atomic E-state index is 5.67. The minimum absolute atomic E-state index is 0.431. The van der Waals surface area contributed by atoms with E-state index in [-0.39, 0.29) is 0 Å². The Morgan fingerprint density at radius 1 is 1.29 bits per heavy atom. The van der Waals surface area contributed by atoms with E-state index in [1.165, 1.54) is 12.8 Å². The van der Waals surface area contributed by atoms with Crippen molar-refractivity contribution in [1.29, 1.82) is 0 Å². The van der Waals surface area contributed by atoms with E-state index < -0.39 is 0 Å². The Morgan fingerprint density at radius 3 is 2.76 bits per heavy atom. The Morgan fingerprint density at radius 2 is 2.10 bits per heavy atom. The molecule has 21 heavy (non-hydrogen) atoms. The van der Waals surface area contributed by atoms with E-state index in [1.54, 1.807) is 0 Å². The number of hydrogen-bond donors (Lipinski definition) is 1. The first-order valence-corrected chi connectivity index (χ1v) is 7.99. The van der Waals surface area contributed by atoms with Crippen LogP contribution in [-0.2, 0) is 6.54 Å². The molecular weight excluding hydrogens is 336 g/mol. The fourth-order valence-corrected chi connectivity index (χ4v) is 2.98. The lowest BCUT2D eigenvalue weighted by atomic mass is 9.97. The summed E-state index contributed by atoms with van der Waals surface area (Å²) in [5.74, 6) is 2.45. The molecule has 1 aliphatic rings. The first-order valence-electron chi connectivity index (χ1n) is 7.19. The van der Waals surface area contributed by atoms with Crippen molar-refractivity contribution in [3.8, 4) is 11.7 Å². The molecule has 0 aromatic carbocycles. The number of aromatic nitrogens is 2. The van der Waals surface area contributed by atoms with Gasteiger partial charge in [0.25, 0.3) is 5.89 Å². The van der Waals surface area contributed by atoms with Crippen LogP contribution in [0.1, 0.15) is 18.7 Å². The van der Waals surface area contributed by atoms with Gasteiger partial charge in [0.15, 0.2) is 10.4 Å². The van der Waals surface area contributed by atoms with Crippen LogP contribution in [0, 0.1) is 5.92 Å². The van der Waals surface area contributed by atoms with Gasteiger partial charge < -0.3 is 14.2 Å². The van der Waals surface area contributed by atoms with Gasteiger partial charge in [0.05, 0.1) is 6.54 Å². The van der Waals surface area contributed by atoms with Gasteiger partial charge in [-0.3, -0.25) is 4.90 Å². The first-order chi connectivity index (χ1) is 10.2. The van der Waals surface area contributed by atoms with Crippen LogP contribution >= 0.6 is 15.9 Å². The molecule has 1 fully saturated rings. The molecule has 0 amide bonds. The van der Waals surface area contributed by atoms with Crippen molar-refractivity contribution in [2.24, 2.45) is 5.92 Å². The summed E-state index contributed by atoms with van der Waals surface area (Å²) in [6.07, 6.45) is 2.43. The fraction of sp³-hybridized carbons (Fsp3) is 0.571. The predicted molar refractivity (Wildman–Crippen MR) is 81.6 cm³/mol. The van der Waals surface area contributed by atoms with Crippen LogP contribution in [0.25, 0.3) is 11.7 Å². The van der Waals surface area contributed by atoms with Crippen molar-refractivity contribution in [2.45, 2.75) is 19.4 Å². The molecule has 0 atom stereocenters. The standard InChI is InChI=1S/C14H19BrN4O2/c1-16-8-10-4-6-19(7-5-10)9-13-17-18-14(21-13)11-2-3-12(15)20-11/h2-3,10,16H,4-9H2,1H3. The molecule has 1 N–H and O–H groups in total. The van der Waals surface area contributed by atoms with Gasteiger partial charge in [-0.1, -0.05) is 0 Å². The van der Waals surface area contributed by atoms with Gasteiger partial charge in [0.1, 0.15) is 0 Å². The molecule has 1 aliphatic heterocycles. The van der Waals surface area contributed by atoms with Gasteiger partial charge in [-0.2, -0.15) is 0 Å². The van der Waals surface area contributed by atoms with E-state index in [1.807, 2.05) is 19.2 Å². The topological polar surface area (TPSA) is 67.3 Å². The number of likely N-dealkylation sites (tertiary alicyclic amines) is 1. The molecule has 0 radical (unpaired) electrons. The molecule has 2 aromatic rings. The van der Waals surface area contributed by atoms with Crippen molar-refractivity contribution in [3.63, 3.8) is 0 Å². The molecule has 0 bridgehead atoms. The lowest BCUT2D eigenvalue weighted by Gasteiger charge is -2.30. The lowest BCUT2D eigenvalue weighted by molar-refractivity contribution is 0.164. The fourth-order valence-electron chi connectivity index (χ4n) is 2.67. The van der Waals surface area contributed by atoms with Gasteiger partial charge in [-0.25, -0.2) is 0 Å². The molecule has 6 nitrogen and oxygen atoms in total. The molecule has 0 spiro atoms. The summed E-state index contributed by atoms with van der Waals surface area (Å²) in [6, 6.07) is 3.62. The highest BCUT2D eigenvalue weighted by atomic mass is 79.9. The second kappa shape index (κ2) is 6.72. The summed E-state index contributed by atoms with van der Waals surface area (Å²) in [6.45, 7) is 3.97. The second-order valence-electron chi connectivity index (χ2n) is 5.38. The SMILES string of the molecule is CNCC1CCN(Cc2nnc(-c3ccc(Br)o3)o2)CC1. The smallest absolute Gasteiger partial charge is 0.283 e. The Kier molecular flexibility index (Phi) is 4.72. The maximum atomic E-state index is 5.67. The summed E-state index contributed by atoms with van der Waals surface area (Å²) >= 11 is 3.26. The summed E-state index contributed by atoms with van der Waals surface area (Å²) < 4.78 is 11.7. The molecule has 114 valence electrons. The van der Waals surface area contributed by atoms with Crippen molar-refractivity contribution < 1.29 is 8.83 Å². The van der Waals surface area contributed by atoms with E-state index in [0.717, 1.165) is 25.6 Å². The molecule has 7 heteroatoms. The van der Waals surface area contributed by atoms with Crippen LogP contribution in [-0.4, -0.2) is 41.8 Å². The average molecular weight is 355 g/mol. The zero-order valence-corrected chi connectivity index (χ0v) is 13.6. The summed E-state index contributed by atoms with van der Waals surface area (Å²) in [4.78, 5) is 2.36. The first kappa shape index (κ1) is 14.7. The van der Waals surface area contributed by atoms with Crippen LogP contribution in [0.2, 0.25) is 0 Å². The van der Waals surface area contributed by atoms with Gasteiger partial charge in [0.2, 0.25) is 5.89 Å². The normalized spacial score (nSPS) is 17.4. The predicted octanol–water partition coefficient (Wildman–Crippen LogP) is 2.52. The Hall–Kier alpha value is -1.18. The third kappa shape index (κ3) is 3.72. The number of nitrogens with zero attached hydrogens (tertiary/aromatic N) is 3.